The summed E-state index contributed by atoms with van der Waals surface area (Å²) in [5.74, 6) is 0.167. The Morgan fingerprint density at radius 3 is 1.36 bits per heavy atom. The number of carbonyl (C=O) groups excluding carboxylic acids is 1. The maximum atomic E-state index is 13.4. The standard InChI is InChI=1S/C26H31NO2.C23H27NO2.C3H6O/c1-11-12(2)16(6)24-21(13(11)3)19-14(4)15(5)23-20(22(19)25(28)29-24)17(7)18(8)26(9,10)27-23;1-9-10(2)17-20-18(14(6)15(7)21(17)24)19-13(5)11(3)12(4)16(8)22(19)26-23(20)25;1-3(2)4/h27H,1-10H3;9H,24H2,1-8H3;1-2H3/b;10-9+;. The quantitative estimate of drug-likeness (QED) is 0.0967. The van der Waals surface area contributed by atoms with Crippen LogP contribution in [0, 0.1) is 83.1 Å². The zero-order valence-corrected chi connectivity index (χ0v) is 39.2. The molecule has 0 bridgehead atoms. The van der Waals surface area contributed by atoms with E-state index in [1.807, 2.05) is 40.7 Å². The zero-order valence-electron chi connectivity index (χ0n) is 39.2. The molecule has 7 nitrogen and oxygen atoms in total. The van der Waals surface area contributed by atoms with Crippen molar-refractivity contribution in [1.82, 2.24) is 0 Å². The highest BCUT2D eigenvalue weighted by Gasteiger charge is 2.33. The van der Waals surface area contributed by atoms with E-state index in [2.05, 4.69) is 95.3 Å². The Morgan fingerprint density at radius 1 is 0.542 bits per heavy atom. The molecule has 2 aromatic heterocycles. The molecule has 1 aliphatic rings. The molecule has 59 heavy (non-hydrogen) atoms. The molecule has 3 N–H and O–H groups in total. The molecule has 0 saturated heterocycles. The predicted octanol–water partition coefficient (Wildman–Crippen LogP) is 13.2. The first-order chi connectivity index (χ1) is 27.3. The van der Waals surface area contributed by atoms with E-state index in [1.54, 1.807) is 0 Å². The highest BCUT2D eigenvalue weighted by Crippen LogP contribution is 2.47. The average molecular weight is 797 g/mol. The van der Waals surface area contributed by atoms with Crippen molar-refractivity contribution < 1.29 is 13.6 Å². The van der Waals surface area contributed by atoms with Crippen LogP contribution in [-0.2, 0) is 4.79 Å². The fourth-order valence-corrected chi connectivity index (χ4v) is 8.91. The Morgan fingerprint density at radius 2 is 0.915 bits per heavy atom. The largest absolute Gasteiger partial charge is 0.422 e. The van der Waals surface area contributed by atoms with E-state index in [1.165, 1.54) is 58.4 Å². The van der Waals surface area contributed by atoms with Gasteiger partial charge in [-0.3, -0.25) is 0 Å². The lowest BCUT2D eigenvalue weighted by Crippen LogP contribution is -2.36. The number of hydrogen-bond donors (Lipinski definition) is 2. The fraction of sp³-hybridized carbons (Fsp3) is 0.404. The monoisotopic (exact) mass is 796 g/mol. The second kappa shape index (κ2) is 15.6. The highest BCUT2D eigenvalue weighted by atomic mass is 16.4. The summed E-state index contributed by atoms with van der Waals surface area (Å²) < 4.78 is 11.9. The van der Waals surface area contributed by atoms with Crippen LogP contribution in [0.4, 0.5) is 11.4 Å². The molecule has 4 aromatic carbocycles. The molecule has 3 heterocycles. The van der Waals surface area contributed by atoms with Crippen LogP contribution in [0.2, 0.25) is 0 Å². The van der Waals surface area contributed by atoms with Gasteiger partial charge in [-0.2, -0.15) is 0 Å². The molecule has 0 fully saturated rings. The first-order valence-electron chi connectivity index (χ1n) is 20.6. The molecule has 0 spiro atoms. The third kappa shape index (κ3) is 6.90. The topological polar surface area (TPSA) is 116 Å². The van der Waals surface area contributed by atoms with Gasteiger partial charge in [0.05, 0.1) is 16.3 Å². The lowest BCUT2D eigenvalue weighted by atomic mass is 9.79. The van der Waals surface area contributed by atoms with Crippen LogP contribution >= 0.6 is 0 Å². The van der Waals surface area contributed by atoms with Gasteiger partial charge in [-0.15, -0.1) is 0 Å². The van der Waals surface area contributed by atoms with Crippen molar-refractivity contribution in [2.75, 3.05) is 11.1 Å². The second-order valence-electron chi connectivity index (χ2n) is 17.6. The number of nitrogens with one attached hydrogen (secondary N) is 1. The van der Waals surface area contributed by atoms with Gasteiger partial charge in [-0.05, 0) is 222 Å². The summed E-state index contributed by atoms with van der Waals surface area (Å²) in [4.78, 5) is 35.9. The van der Waals surface area contributed by atoms with E-state index in [4.69, 9.17) is 14.6 Å². The van der Waals surface area contributed by atoms with E-state index in [-0.39, 0.29) is 22.6 Å². The normalized spacial score (nSPS) is 13.7. The van der Waals surface area contributed by atoms with Gasteiger partial charge in [0.1, 0.15) is 16.9 Å². The highest BCUT2D eigenvalue weighted by molar-refractivity contribution is 6.16. The minimum absolute atomic E-state index is 0.154. The van der Waals surface area contributed by atoms with Crippen molar-refractivity contribution in [2.24, 2.45) is 0 Å². The summed E-state index contributed by atoms with van der Waals surface area (Å²) in [6, 6.07) is 0. The van der Waals surface area contributed by atoms with Crippen molar-refractivity contribution in [3.8, 4) is 0 Å². The Labute approximate surface area is 349 Å². The number of hydrogen-bond acceptors (Lipinski definition) is 7. The SMILES string of the molecule is C/C=C(\C)c1c(N)c(C)c(C)c2c1c(=O)oc1c(C)c(C)c(C)c(C)c12.CC(C)=O.CC1=C(C)C(C)(C)Nc2c(C)c(C)c3c(c21)c(=O)oc1c(C)c(C)c(C)c(C)c13. The summed E-state index contributed by atoms with van der Waals surface area (Å²) in [6.45, 7) is 40.8. The van der Waals surface area contributed by atoms with Crippen molar-refractivity contribution >= 4 is 71.8 Å². The summed E-state index contributed by atoms with van der Waals surface area (Å²) in [6.07, 6.45) is 1.99. The number of carbonyl (C=O) groups is 1. The van der Waals surface area contributed by atoms with Gasteiger partial charge in [-0.1, -0.05) is 6.08 Å². The number of benzene rings is 4. The summed E-state index contributed by atoms with van der Waals surface area (Å²) in [5, 5.41) is 9.14. The number of nitrogen functional groups attached to an aromatic ring is 1. The summed E-state index contributed by atoms with van der Waals surface area (Å²) in [7, 11) is 0. The molecule has 0 saturated carbocycles. The third-order valence-corrected chi connectivity index (χ3v) is 13.9. The van der Waals surface area contributed by atoms with Crippen molar-refractivity contribution in [1.29, 1.82) is 0 Å². The Hall–Kier alpha value is -5.43. The number of rotatable bonds is 1. The molecule has 0 amide bonds. The van der Waals surface area contributed by atoms with Crippen LogP contribution in [0.15, 0.2) is 30.1 Å². The van der Waals surface area contributed by atoms with Crippen LogP contribution in [0.1, 0.15) is 133 Å². The molecule has 0 aliphatic carbocycles. The molecule has 0 atom stereocenters. The fourth-order valence-electron chi connectivity index (χ4n) is 8.91. The maximum absolute atomic E-state index is 13.4. The minimum Gasteiger partial charge on any atom is -0.422 e. The van der Waals surface area contributed by atoms with Crippen LogP contribution in [0.25, 0.3) is 54.6 Å². The Bertz CT molecular complexity index is 3010. The molecule has 312 valence electrons. The third-order valence-electron chi connectivity index (χ3n) is 13.9. The minimum atomic E-state index is -0.316. The predicted molar refractivity (Wildman–Crippen MR) is 253 cm³/mol. The number of allylic oxidation sites excluding steroid dienone is 3. The number of nitrogens with two attached hydrogens (primary N) is 1. The summed E-state index contributed by atoms with van der Waals surface area (Å²) >= 11 is 0. The summed E-state index contributed by atoms with van der Waals surface area (Å²) in [5.41, 5.74) is 27.8. The van der Waals surface area contributed by atoms with Crippen LogP contribution in [-0.4, -0.2) is 11.3 Å². The van der Waals surface area contributed by atoms with E-state index < -0.39 is 0 Å². The first kappa shape index (κ1) is 44.7. The van der Waals surface area contributed by atoms with Crippen molar-refractivity contribution in [3.05, 3.63) is 110 Å². The molecule has 7 rings (SSSR count). The van der Waals surface area contributed by atoms with Crippen molar-refractivity contribution in [3.63, 3.8) is 0 Å². The van der Waals surface area contributed by atoms with Gasteiger partial charge in [0.15, 0.2) is 0 Å². The number of fused-ring (bicyclic) bond motifs is 8. The van der Waals surface area contributed by atoms with Crippen molar-refractivity contribution in [2.45, 2.75) is 144 Å². The molecule has 0 radical (unpaired) electrons. The second-order valence-corrected chi connectivity index (χ2v) is 17.6. The van der Waals surface area contributed by atoms with Gasteiger partial charge in [0.2, 0.25) is 0 Å². The van der Waals surface area contributed by atoms with Gasteiger partial charge in [0, 0.05) is 44.0 Å². The van der Waals surface area contributed by atoms with E-state index in [9.17, 15) is 14.4 Å². The smallest absolute Gasteiger partial charge is 0.344 e. The molecular formula is C52H64N2O5. The maximum Gasteiger partial charge on any atom is 0.344 e. The number of anilines is 2. The Kier molecular flexibility index (Phi) is 11.8. The van der Waals surface area contributed by atoms with Crippen LogP contribution in [0.5, 0.6) is 0 Å². The van der Waals surface area contributed by atoms with E-state index in [0.29, 0.717) is 22.0 Å². The lowest BCUT2D eigenvalue weighted by molar-refractivity contribution is -0.115. The lowest BCUT2D eigenvalue weighted by Gasteiger charge is -2.38. The molecule has 0 unspecified atom stereocenters. The number of ketones is 1. The van der Waals surface area contributed by atoms with Gasteiger partial charge in [0.25, 0.3) is 0 Å². The average Bonchev–Trinajstić information content (AvgIpc) is 3.17. The van der Waals surface area contributed by atoms with Crippen LogP contribution < -0.4 is 22.3 Å². The molecular weight excluding hydrogens is 733 g/mol. The Balaban J connectivity index is 0.000000207. The zero-order chi connectivity index (χ0) is 44.6. The van der Waals surface area contributed by atoms with Gasteiger partial charge >= 0.3 is 11.3 Å². The molecule has 1 aliphatic heterocycles. The molecule has 6 aromatic rings. The van der Waals surface area contributed by atoms with Gasteiger partial charge in [-0.25, -0.2) is 9.59 Å². The number of Topliss-reactive ketones (excluding diaryl/α,β-unsaturated/α-hetero) is 1. The first-order valence-corrected chi connectivity index (χ1v) is 20.6. The van der Waals surface area contributed by atoms with E-state index >= 15 is 0 Å². The van der Waals surface area contributed by atoms with E-state index in [0.717, 1.165) is 82.9 Å². The van der Waals surface area contributed by atoms with Gasteiger partial charge < -0.3 is 24.7 Å². The number of aryl methyl sites for hydroxylation is 6. The van der Waals surface area contributed by atoms with Crippen LogP contribution in [0.3, 0.4) is 0 Å². The molecule has 7 heteroatoms.